The van der Waals surface area contributed by atoms with E-state index in [1.807, 2.05) is 44.2 Å². The number of aromatic nitrogens is 3. The monoisotopic (exact) mass is 451 g/mol. The van der Waals surface area contributed by atoms with Crippen molar-refractivity contribution in [2.24, 2.45) is 0 Å². The third-order valence-corrected chi connectivity index (χ3v) is 5.73. The van der Waals surface area contributed by atoms with Crippen molar-refractivity contribution in [1.82, 2.24) is 14.6 Å². The predicted octanol–water partition coefficient (Wildman–Crippen LogP) is 4.06. The highest BCUT2D eigenvalue weighted by Crippen LogP contribution is 2.25. The van der Waals surface area contributed by atoms with E-state index < -0.39 is 0 Å². The largest absolute Gasteiger partial charge is 0.426 e. The SMILES string of the molecule is CC(=O)Oc1c(C)cc(/C=c2/sc3nc(/C=C/c4ccc(Cl)cc4)nn3c2=O)cc1C. The van der Waals surface area contributed by atoms with Crippen LogP contribution in [0.5, 0.6) is 5.75 Å². The fraction of sp³-hybridized carbons (Fsp3) is 0.130. The van der Waals surface area contributed by atoms with Crippen LogP contribution in [0.15, 0.2) is 41.2 Å². The van der Waals surface area contributed by atoms with Gasteiger partial charge in [0.2, 0.25) is 4.96 Å². The molecule has 31 heavy (non-hydrogen) atoms. The standard InChI is InChI=1S/C23H18ClN3O3S/c1-13-10-17(11-14(2)21(13)30-15(3)28)12-19-22(29)27-23(31-19)25-20(26-27)9-6-16-4-7-18(24)8-5-16/h4-12H,1-3H3/b9-6+,19-12+. The van der Waals surface area contributed by atoms with Crippen molar-refractivity contribution in [1.29, 1.82) is 0 Å². The summed E-state index contributed by atoms with van der Waals surface area (Å²) in [5.41, 5.74) is 3.22. The maximum atomic E-state index is 12.8. The Morgan fingerprint density at radius 2 is 1.77 bits per heavy atom. The molecule has 6 nitrogen and oxygen atoms in total. The molecule has 0 unspecified atom stereocenters. The lowest BCUT2D eigenvalue weighted by molar-refractivity contribution is -0.131. The van der Waals surface area contributed by atoms with E-state index in [-0.39, 0.29) is 11.5 Å². The minimum Gasteiger partial charge on any atom is -0.426 e. The molecular formula is C23H18ClN3O3S. The second kappa shape index (κ2) is 8.45. The van der Waals surface area contributed by atoms with Gasteiger partial charge in [-0.3, -0.25) is 9.59 Å². The number of carbonyl (C=O) groups excluding carboxylic acids is 1. The van der Waals surface area contributed by atoms with E-state index >= 15 is 0 Å². The third kappa shape index (κ3) is 4.57. The molecule has 0 bridgehead atoms. The molecule has 0 amide bonds. The quantitative estimate of drug-likeness (QED) is 0.345. The molecule has 2 aromatic heterocycles. The van der Waals surface area contributed by atoms with Crippen molar-refractivity contribution in [2.75, 3.05) is 0 Å². The first-order chi connectivity index (χ1) is 14.8. The van der Waals surface area contributed by atoms with Crippen LogP contribution in [-0.4, -0.2) is 20.6 Å². The summed E-state index contributed by atoms with van der Waals surface area (Å²) >= 11 is 7.17. The maximum Gasteiger partial charge on any atom is 0.308 e. The summed E-state index contributed by atoms with van der Waals surface area (Å²) in [5, 5.41) is 4.97. The summed E-state index contributed by atoms with van der Waals surface area (Å²) in [6.07, 6.45) is 5.42. The number of rotatable bonds is 4. The molecule has 0 saturated heterocycles. The number of halogens is 1. The van der Waals surface area contributed by atoms with E-state index in [4.69, 9.17) is 16.3 Å². The third-order valence-electron chi connectivity index (χ3n) is 4.52. The van der Waals surface area contributed by atoms with Gasteiger partial charge in [0.05, 0.1) is 4.53 Å². The molecule has 0 saturated carbocycles. The highest BCUT2D eigenvalue weighted by Gasteiger charge is 2.11. The lowest BCUT2D eigenvalue weighted by atomic mass is 10.1. The molecule has 0 radical (unpaired) electrons. The molecular weight excluding hydrogens is 434 g/mol. The highest BCUT2D eigenvalue weighted by atomic mass is 35.5. The Labute approximate surface area is 187 Å². The number of carbonyl (C=O) groups is 1. The Bertz CT molecular complexity index is 1410. The zero-order chi connectivity index (χ0) is 22.1. The Hall–Kier alpha value is -3.29. The van der Waals surface area contributed by atoms with Gasteiger partial charge in [-0.05, 0) is 72.5 Å². The first-order valence-electron chi connectivity index (χ1n) is 9.45. The second-order valence-corrected chi connectivity index (χ2v) is 8.49. The van der Waals surface area contributed by atoms with Crippen molar-refractivity contribution in [3.63, 3.8) is 0 Å². The number of fused-ring (bicyclic) bond motifs is 1. The van der Waals surface area contributed by atoms with Gasteiger partial charge in [0, 0.05) is 11.9 Å². The molecule has 0 aliphatic heterocycles. The number of hydrogen-bond acceptors (Lipinski definition) is 6. The van der Waals surface area contributed by atoms with E-state index in [9.17, 15) is 9.59 Å². The fourth-order valence-corrected chi connectivity index (χ4v) is 4.23. The van der Waals surface area contributed by atoms with Crippen molar-refractivity contribution in [3.8, 4) is 5.75 Å². The Morgan fingerprint density at radius 1 is 1.10 bits per heavy atom. The number of aryl methyl sites for hydroxylation is 2. The van der Waals surface area contributed by atoms with E-state index in [0.717, 1.165) is 22.3 Å². The molecule has 2 aromatic carbocycles. The topological polar surface area (TPSA) is 73.6 Å². The molecule has 0 spiro atoms. The zero-order valence-corrected chi connectivity index (χ0v) is 18.6. The van der Waals surface area contributed by atoms with E-state index in [1.54, 1.807) is 24.3 Å². The van der Waals surface area contributed by atoms with Gasteiger partial charge in [-0.1, -0.05) is 41.1 Å². The number of hydrogen-bond donors (Lipinski definition) is 0. The molecule has 0 aliphatic rings. The molecule has 0 aliphatic carbocycles. The van der Waals surface area contributed by atoms with Gasteiger partial charge < -0.3 is 4.74 Å². The molecule has 0 atom stereocenters. The van der Waals surface area contributed by atoms with Crippen LogP contribution in [0, 0.1) is 13.8 Å². The smallest absolute Gasteiger partial charge is 0.308 e. The van der Waals surface area contributed by atoms with Gasteiger partial charge in [-0.2, -0.15) is 9.50 Å². The fourth-order valence-electron chi connectivity index (χ4n) is 3.19. The molecule has 2 heterocycles. The van der Waals surface area contributed by atoms with E-state index in [0.29, 0.717) is 26.1 Å². The van der Waals surface area contributed by atoms with Crippen molar-refractivity contribution < 1.29 is 9.53 Å². The second-order valence-electron chi connectivity index (χ2n) is 7.04. The normalized spacial score (nSPS) is 12.2. The average Bonchev–Trinajstić information content (AvgIpc) is 3.23. The molecule has 156 valence electrons. The van der Waals surface area contributed by atoms with Crippen molar-refractivity contribution >= 4 is 52.1 Å². The van der Waals surface area contributed by atoms with Crippen LogP contribution in [0.2, 0.25) is 5.02 Å². The summed E-state index contributed by atoms with van der Waals surface area (Å²) in [5.74, 6) is 0.644. The van der Waals surface area contributed by atoms with Gasteiger partial charge in [0.1, 0.15) is 5.75 Å². The summed E-state index contributed by atoms with van der Waals surface area (Å²) < 4.78 is 7.11. The van der Waals surface area contributed by atoms with E-state index in [2.05, 4.69) is 10.1 Å². The molecule has 0 fully saturated rings. The first kappa shape index (κ1) is 21.0. The van der Waals surface area contributed by atoms with Gasteiger partial charge in [-0.15, -0.1) is 5.10 Å². The van der Waals surface area contributed by atoms with Gasteiger partial charge in [0.25, 0.3) is 5.56 Å². The lowest BCUT2D eigenvalue weighted by Gasteiger charge is -2.10. The first-order valence-corrected chi connectivity index (χ1v) is 10.6. The molecule has 8 heteroatoms. The minimum absolute atomic E-state index is 0.224. The Balaban J connectivity index is 1.65. The summed E-state index contributed by atoms with van der Waals surface area (Å²) in [6, 6.07) is 11.1. The minimum atomic E-state index is -0.365. The van der Waals surface area contributed by atoms with Crippen LogP contribution in [0.4, 0.5) is 0 Å². The van der Waals surface area contributed by atoms with Crippen LogP contribution in [0.3, 0.4) is 0 Å². The Kier molecular flexibility index (Phi) is 5.71. The number of esters is 1. The van der Waals surface area contributed by atoms with Gasteiger partial charge >= 0.3 is 5.97 Å². The summed E-state index contributed by atoms with van der Waals surface area (Å²) in [7, 11) is 0. The van der Waals surface area contributed by atoms with Crippen LogP contribution < -0.4 is 14.8 Å². The van der Waals surface area contributed by atoms with Crippen LogP contribution in [-0.2, 0) is 4.79 Å². The van der Waals surface area contributed by atoms with Crippen molar-refractivity contribution in [2.45, 2.75) is 20.8 Å². The number of nitrogens with zero attached hydrogens (tertiary/aromatic N) is 3. The molecule has 4 rings (SSSR count). The van der Waals surface area contributed by atoms with Gasteiger partial charge in [-0.25, -0.2) is 0 Å². The predicted molar refractivity (Wildman–Crippen MR) is 124 cm³/mol. The lowest BCUT2D eigenvalue weighted by Crippen LogP contribution is -2.23. The van der Waals surface area contributed by atoms with Crippen LogP contribution in [0.25, 0.3) is 23.2 Å². The highest BCUT2D eigenvalue weighted by molar-refractivity contribution is 7.15. The maximum absolute atomic E-state index is 12.8. The average molecular weight is 452 g/mol. The van der Waals surface area contributed by atoms with Crippen LogP contribution >= 0.6 is 22.9 Å². The zero-order valence-electron chi connectivity index (χ0n) is 17.0. The van der Waals surface area contributed by atoms with Crippen LogP contribution in [0.1, 0.15) is 35.0 Å². The Morgan fingerprint density at radius 3 is 2.39 bits per heavy atom. The summed E-state index contributed by atoms with van der Waals surface area (Å²) in [6.45, 7) is 5.10. The number of benzene rings is 2. The van der Waals surface area contributed by atoms with Crippen molar-refractivity contribution in [3.05, 3.63) is 84.4 Å². The van der Waals surface area contributed by atoms with E-state index in [1.165, 1.54) is 22.8 Å². The molecule has 0 N–H and O–H groups in total. The number of thiazole rings is 1. The molecule has 4 aromatic rings. The summed E-state index contributed by atoms with van der Waals surface area (Å²) in [4.78, 5) is 29.0. The van der Waals surface area contributed by atoms with Gasteiger partial charge in [0.15, 0.2) is 5.82 Å². The number of ether oxygens (including phenoxy) is 1.